The minimum absolute atomic E-state index is 0.0814. The first-order valence-corrected chi connectivity index (χ1v) is 8.30. The molecule has 0 radical (unpaired) electrons. The summed E-state index contributed by atoms with van der Waals surface area (Å²) in [5, 5.41) is 12.4. The molecule has 3 aromatic rings. The smallest absolute Gasteiger partial charge is 0.255 e. The molecule has 26 heavy (non-hydrogen) atoms. The number of carbonyl (C=O) groups excluding carboxylic acids is 1. The number of aryl methyl sites for hydroxylation is 1. The molecule has 136 valence electrons. The average molecular weight is 357 g/mol. The molecule has 0 aliphatic rings. The Hall–Kier alpha value is -2.86. The van der Waals surface area contributed by atoms with E-state index in [2.05, 4.69) is 5.32 Å². The van der Waals surface area contributed by atoms with E-state index in [-0.39, 0.29) is 31.0 Å². The number of halogens is 1. The summed E-state index contributed by atoms with van der Waals surface area (Å²) in [6.45, 7) is 3.34. The fourth-order valence-electron chi connectivity index (χ4n) is 2.69. The number of furan rings is 1. The van der Waals surface area contributed by atoms with Gasteiger partial charge in [0.25, 0.3) is 5.91 Å². The molecule has 1 unspecified atom stereocenters. The van der Waals surface area contributed by atoms with Crippen molar-refractivity contribution >= 4 is 16.9 Å². The van der Waals surface area contributed by atoms with E-state index < -0.39 is 0 Å². The highest BCUT2D eigenvalue weighted by Gasteiger charge is 2.20. The number of aliphatic hydroxyl groups excluding tert-OH is 1. The number of carbonyl (C=O) groups is 1. The molecule has 1 heterocycles. The lowest BCUT2D eigenvalue weighted by atomic mass is 10.1. The van der Waals surface area contributed by atoms with E-state index in [1.807, 2.05) is 0 Å². The first-order valence-electron chi connectivity index (χ1n) is 8.30. The Balaban J connectivity index is 1.86. The number of rotatable bonds is 6. The largest absolute Gasteiger partial charge is 0.489 e. The molecule has 1 atom stereocenters. The van der Waals surface area contributed by atoms with Gasteiger partial charge in [0.15, 0.2) is 0 Å². The van der Waals surface area contributed by atoms with E-state index in [0.717, 1.165) is 0 Å². The molecule has 6 heteroatoms. The fourth-order valence-corrected chi connectivity index (χ4v) is 2.69. The molecule has 0 spiro atoms. The van der Waals surface area contributed by atoms with Gasteiger partial charge >= 0.3 is 0 Å². The summed E-state index contributed by atoms with van der Waals surface area (Å²) >= 11 is 0. The summed E-state index contributed by atoms with van der Waals surface area (Å²) in [4.78, 5) is 12.5. The number of hydrogen-bond acceptors (Lipinski definition) is 4. The summed E-state index contributed by atoms with van der Waals surface area (Å²) in [6, 6.07) is 11.2. The maximum absolute atomic E-state index is 13.7. The van der Waals surface area contributed by atoms with Crippen LogP contribution in [0.3, 0.4) is 0 Å². The zero-order valence-corrected chi connectivity index (χ0v) is 14.6. The highest BCUT2D eigenvalue weighted by Crippen LogP contribution is 2.29. The number of fused-ring (bicyclic) bond motifs is 1. The topological polar surface area (TPSA) is 71.7 Å². The minimum atomic E-state index is -0.368. The normalized spacial score (nSPS) is 12.2. The lowest BCUT2D eigenvalue weighted by Gasteiger charge is -2.10. The Morgan fingerprint density at radius 3 is 2.81 bits per heavy atom. The van der Waals surface area contributed by atoms with Crippen molar-refractivity contribution in [1.29, 1.82) is 0 Å². The standard InChI is InChI=1S/C20H20FNO4/c1-12(10-23)22-20(24)19-13(2)26-18-8-7-15(9-16(18)19)25-11-14-5-3-4-6-17(14)21/h3-9,12,23H,10-11H2,1-2H3,(H,22,24). The van der Waals surface area contributed by atoms with Crippen molar-refractivity contribution < 1.29 is 23.4 Å². The van der Waals surface area contributed by atoms with Crippen LogP contribution in [0.5, 0.6) is 5.75 Å². The van der Waals surface area contributed by atoms with Crippen LogP contribution in [0, 0.1) is 12.7 Å². The summed E-state index contributed by atoms with van der Waals surface area (Å²) in [6.07, 6.45) is 0. The zero-order chi connectivity index (χ0) is 18.7. The number of hydrogen-bond donors (Lipinski definition) is 2. The summed E-state index contributed by atoms with van der Waals surface area (Å²) in [7, 11) is 0. The van der Waals surface area contributed by atoms with Crippen molar-refractivity contribution in [3.05, 3.63) is 65.2 Å². The molecule has 0 saturated heterocycles. The van der Waals surface area contributed by atoms with Crippen molar-refractivity contribution in [2.24, 2.45) is 0 Å². The number of aliphatic hydroxyl groups is 1. The van der Waals surface area contributed by atoms with Gasteiger partial charge in [0.1, 0.15) is 29.5 Å². The third-order valence-corrected chi connectivity index (χ3v) is 4.07. The molecule has 1 aromatic heterocycles. The number of amides is 1. The van der Waals surface area contributed by atoms with Crippen LogP contribution in [0.25, 0.3) is 11.0 Å². The van der Waals surface area contributed by atoms with E-state index in [0.29, 0.717) is 33.6 Å². The van der Waals surface area contributed by atoms with Gasteiger partial charge in [-0.15, -0.1) is 0 Å². The van der Waals surface area contributed by atoms with Gasteiger partial charge in [-0.25, -0.2) is 4.39 Å². The Morgan fingerprint density at radius 1 is 1.31 bits per heavy atom. The molecule has 0 bridgehead atoms. The minimum Gasteiger partial charge on any atom is -0.489 e. The molecule has 0 aliphatic heterocycles. The molecule has 0 aliphatic carbocycles. The van der Waals surface area contributed by atoms with Crippen molar-refractivity contribution in [1.82, 2.24) is 5.32 Å². The summed E-state index contributed by atoms with van der Waals surface area (Å²) in [5.41, 5.74) is 1.41. The predicted molar refractivity (Wildman–Crippen MR) is 95.7 cm³/mol. The molecule has 2 N–H and O–H groups in total. The molecular weight excluding hydrogens is 337 g/mol. The van der Waals surface area contributed by atoms with Crippen molar-refractivity contribution in [3.63, 3.8) is 0 Å². The van der Waals surface area contributed by atoms with E-state index in [9.17, 15) is 9.18 Å². The summed E-state index contributed by atoms with van der Waals surface area (Å²) < 4.78 is 25.0. The Bertz CT molecular complexity index is 935. The van der Waals surface area contributed by atoms with Crippen LogP contribution in [0.2, 0.25) is 0 Å². The van der Waals surface area contributed by atoms with Crippen LogP contribution < -0.4 is 10.1 Å². The highest BCUT2D eigenvalue weighted by molar-refractivity contribution is 6.07. The first kappa shape index (κ1) is 17.9. The van der Waals surface area contributed by atoms with Crippen molar-refractivity contribution in [2.75, 3.05) is 6.61 Å². The van der Waals surface area contributed by atoms with Gasteiger partial charge < -0.3 is 19.6 Å². The second kappa shape index (κ2) is 7.58. The summed E-state index contributed by atoms with van der Waals surface area (Å²) in [5.74, 6) is 0.333. The molecule has 0 saturated carbocycles. The average Bonchev–Trinajstić information content (AvgIpc) is 2.96. The van der Waals surface area contributed by atoms with Crippen LogP contribution in [0.15, 0.2) is 46.9 Å². The predicted octanol–water partition coefficient (Wildman–Crippen LogP) is 3.57. The van der Waals surface area contributed by atoms with Crippen LogP contribution in [0.4, 0.5) is 4.39 Å². The van der Waals surface area contributed by atoms with Crippen LogP contribution in [0.1, 0.15) is 28.6 Å². The molecule has 1 amide bonds. The first-order chi connectivity index (χ1) is 12.5. The zero-order valence-electron chi connectivity index (χ0n) is 14.6. The van der Waals surface area contributed by atoms with Crippen LogP contribution >= 0.6 is 0 Å². The van der Waals surface area contributed by atoms with E-state index in [1.165, 1.54) is 6.07 Å². The van der Waals surface area contributed by atoms with Gasteiger partial charge in [-0.1, -0.05) is 18.2 Å². The van der Waals surface area contributed by atoms with Crippen LogP contribution in [-0.4, -0.2) is 23.7 Å². The van der Waals surface area contributed by atoms with Crippen molar-refractivity contribution in [2.45, 2.75) is 26.5 Å². The second-order valence-electron chi connectivity index (χ2n) is 6.13. The Labute approximate surface area is 150 Å². The second-order valence-corrected chi connectivity index (χ2v) is 6.13. The highest BCUT2D eigenvalue weighted by atomic mass is 19.1. The van der Waals surface area contributed by atoms with Gasteiger partial charge in [-0.05, 0) is 38.1 Å². The fraction of sp³-hybridized carbons (Fsp3) is 0.250. The Morgan fingerprint density at radius 2 is 2.08 bits per heavy atom. The van der Waals surface area contributed by atoms with Gasteiger partial charge in [0, 0.05) is 17.0 Å². The van der Waals surface area contributed by atoms with E-state index in [4.69, 9.17) is 14.3 Å². The van der Waals surface area contributed by atoms with Gasteiger partial charge in [-0.3, -0.25) is 4.79 Å². The Kier molecular flexibility index (Phi) is 5.23. The molecule has 5 nitrogen and oxygen atoms in total. The number of nitrogens with one attached hydrogen (secondary N) is 1. The third-order valence-electron chi connectivity index (χ3n) is 4.07. The van der Waals surface area contributed by atoms with E-state index >= 15 is 0 Å². The van der Waals surface area contributed by atoms with Gasteiger partial charge in [0.2, 0.25) is 0 Å². The molecular formula is C20H20FNO4. The van der Waals surface area contributed by atoms with Gasteiger partial charge in [-0.2, -0.15) is 0 Å². The van der Waals surface area contributed by atoms with Gasteiger partial charge in [0.05, 0.1) is 12.2 Å². The number of benzene rings is 2. The van der Waals surface area contributed by atoms with Crippen LogP contribution in [-0.2, 0) is 6.61 Å². The maximum Gasteiger partial charge on any atom is 0.255 e. The SMILES string of the molecule is Cc1oc2ccc(OCc3ccccc3F)cc2c1C(=O)NC(C)CO. The number of ether oxygens (including phenoxy) is 1. The monoisotopic (exact) mass is 357 g/mol. The quantitative estimate of drug-likeness (QED) is 0.707. The maximum atomic E-state index is 13.7. The molecule has 2 aromatic carbocycles. The lowest BCUT2D eigenvalue weighted by Crippen LogP contribution is -2.35. The van der Waals surface area contributed by atoms with E-state index in [1.54, 1.807) is 50.2 Å². The molecule has 3 rings (SSSR count). The lowest BCUT2D eigenvalue weighted by molar-refractivity contribution is 0.0922. The third kappa shape index (κ3) is 3.70. The molecule has 0 fully saturated rings. The van der Waals surface area contributed by atoms with Crippen molar-refractivity contribution in [3.8, 4) is 5.75 Å².